The van der Waals surface area contributed by atoms with Gasteiger partial charge in [-0.15, -0.1) is 0 Å². The van der Waals surface area contributed by atoms with Crippen molar-refractivity contribution >= 4 is 0 Å². The molecule has 2 nitrogen and oxygen atoms in total. The molecule has 0 amide bonds. The van der Waals surface area contributed by atoms with Gasteiger partial charge in [-0.1, -0.05) is 18.2 Å². The second-order valence-electron chi connectivity index (χ2n) is 5.15. The number of hydrogen-bond acceptors (Lipinski definition) is 2. The fraction of sp³-hybridized carbons (Fsp3) is 0.294. The highest BCUT2D eigenvalue weighted by Gasteiger charge is 2.18. The summed E-state index contributed by atoms with van der Waals surface area (Å²) in [5, 5.41) is 0. The van der Waals surface area contributed by atoms with Gasteiger partial charge in [0.25, 0.3) is 0 Å². The van der Waals surface area contributed by atoms with Crippen molar-refractivity contribution in [3.05, 3.63) is 64.7 Å². The summed E-state index contributed by atoms with van der Waals surface area (Å²) >= 11 is 0. The third-order valence-electron chi connectivity index (χ3n) is 3.38. The first kappa shape index (κ1) is 15.4. The number of rotatable bonds is 5. The van der Waals surface area contributed by atoms with Crippen LogP contribution in [0.2, 0.25) is 0 Å². The van der Waals surface area contributed by atoms with E-state index in [2.05, 4.69) is 0 Å². The zero-order chi connectivity index (χ0) is 15.4. The fourth-order valence-corrected chi connectivity index (χ4v) is 2.17. The van der Waals surface area contributed by atoms with E-state index in [-0.39, 0.29) is 5.56 Å². The van der Waals surface area contributed by atoms with Crippen LogP contribution in [0.1, 0.15) is 29.2 Å². The van der Waals surface area contributed by atoms with Crippen molar-refractivity contribution in [2.45, 2.75) is 26.3 Å². The molecule has 1 atom stereocenters. The Hall–Kier alpha value is -1.94. The molecular formula is C17H19F2NO. The van der Waals surface area contributed by atoms with Gasteiger partial charge in [0.05, 0.1) is 6.61 Å². The Morgan fingerprint density at radius 2 is 1.90 bits per heavy atom. The Kier molecular flexibility index (Phi) is 4.91. The number of benzene rings is 2. The summed E-state index contributed by atoms with van der Waals surface area (Å²) in [6.07, 6.45) is 0.339. The van der Waals surface area contributed by atoms with Crippen molar-refractivity contribution < 1.29 is 13.5 Å². The minimum absolute atomic E-state index is 0.0668. The first-order valence-electron chi connectivity index (χ1n) is 6.88. The standard InChI is InChI=1S/C17H19F2NO/c1-11-4-3-5-13(10-11)21-9-8-15(20)16-14(18)7-6-12(2)17(16)19/h3-7,10,15H,8-9,20H2,1-2H3. The second-order valence-corrected chi connectivity index (χ2v) is 5.15. The Bertz CT molecular complexity index is 628. The monoisotopic (exact) mass is 291 g/mol. The number of ether oxygens (including phenoxy) is 1. The molecule has 2 aromatic rings. The molecule has 2 aromatic carbocycles. The van der Waals surface area contributed by atoms with Gasteiger partial charge < -0.3 is 10.5 Å². The van der Waals surface area contributed by atoms with Crippen molar-refractivity contribution in [1.29, 1.82) is 0 Å². The van der Waals surface area contributed by atoms with Gasteiger partial charge in [0.15, 0.2) is 0 Å². The molecule has 0 radical (unpaired) electrons. The Balaban J connectivity index is 1.99. The van der Waals surface area contributed by atoms with Gasteiger partial charge in [-0.25, -0.2) is 8.78 Å². The summed E-state index contributed by atoms with van der Waals surface area (Å²) in [6.45, 7) is 3.86. The number of hydrogen-bond donors (Lipinski definition) is 1. The van der Waals surface area contributed by atoms with Crippen LogP contribution in [0.4, 0.5) is 8.78 Å². The summed E-state index contributed by atoms with van der Waals surface area (Å²) < 4.78 is 33.2. The molecule has 0 saturated heterocycles. The average molecular weight is 291 g/mol. The molecule has 2 rings (SSSR count). The average Bonchev–Trinajstić information content (AvgIpc) is 2.43. The van der Waals surface area contributed by atoms with Crippen LogP contribution >= 0.6 is 0 Å². The molecule has 112 valence electrons. The topological polar surface area (TPSA) is 35.2 Å². The SMILES string of the molecule is Cc1cccc(OCCC(N)c2c(F)ccc(C)c2F)c1. The van der Waals surface area contributed by atoms with Gasteiger partial charge in [-0.2, -0.15) is 0 Å². The van der Waals surface area contributed by atoms with E-state index >= 15 is 0 Å². The van der Waals surface area contributed by atoms with Gasteiger partial charge in [0.1, 0.15) is 17.4 Å². The minimum atomic E-state index is -0.727. The van der Waals surface area contributed by atoms with E-state index in [4.69, 9.17) is 10.5 Å². The lowest BCUT2D eigenvalue weighted by Crippen LogP contribution is -2.18. The van der Waals surface area contributed by atoms with Crippen molar-refractivity contribution in [2.24, 2.45) is 5.73 Å². The quantitative estimate of drug-likeness (QED) is 0.902. The summed E-state index contributed by atoms with van der Waals surface area (Å²) in [5.74, 6) is -0.452. The van der Waals surface area contributed by atoms with Crippen LogP contribution in [-0.2, 0) is 0 Å². The molecular weight excluding hydrogens is 272 g/mol. The largest absolute Gasteiger partial charge is 0.494 e. The molecule has 0 bridgehead atoms. The lowest BCUT2D eigenvalue weighted by Gasteiger charge is -2.15. The summed E-state index contributed by atoms with van der Waals surface area (Å²) in [7, 11) is 0. The van der Waals surface area contributed by atoms with E-state index in [1.54, 1.807) is 6.92 Å². The first-order valence-corrected chi connectivity index (χ1v) is 6.88. The molecule has 2 N–H and O–H groups in total. The highest BCUT2D eigenvalue weighted by molar-refractivity contribution is 5.29. The van der Waals surface area contributed by atoms with E-state index in [0.29, 0.717) is 18.6 Å². The molecule has 0 aliphatic carbocycles. The fourth-order valence-electron chi connectivity index (χ4n) is 2.17. The van der Waals surface area contributed by atoms with Crippen LogP contribution in [0.15, 0.2) is 36.4 Å². The van der Waals surface area contributed by atoms with Crippen LogP contribution < -0.4 is 10.5 Å². The van der Waals surface area contributed by atoms with Crippen molar-refractivity contribution in [2.75, 3.05) is 6.61 Å². The summed E-state index contributed by atoms with van der Waals surface area (Å²) in [6, 6.07) is 9.53. The maximum atomic E-state index is 14.0. The molecule has 21 heavy (non-hydrogen) atoms. The predicted molar refractivity (Wildman–Crippen MR) is 79.3 cm³/mol. The molecule has 1 unspecified atom stereocenters. The number of aryl methyl sites for hydroxylation is 2. The molecule has 0 saturated carbocycles. The summed E-state index contributed by atoms with van der Waals surface area (Å²) in [5.41, 5.74) is 7.31. The third kappa shape index (κ3) is 3.79. The van der Waals surface area contributed by atoms with Crippen molar-refractivity contribution in [3.63, 3.8) is 0 Å². The van der Waals surface area contributed by atoms with Crippen LogP contribution in [0.3, 0.4) is 0 Å². The van der Waals surface area contributed by atoms with Gasteiger partial charge in [0.2, 0.25) is 0 Å². The third-order valence-corrected chi connectivity index (χ3v) is 3.38. The van der Waals surface area contributed by atoms with E-state index in [9.17, 15) is 8.78 Å². The maximum absolute atomic E-state index is 14.0. The molecule has 0 heterocycles. The Morgan fingerprint density at radius 1 is 1.14 bits per heavy atom. The molecule has 0 fully saturated rings. The minimum Gasteiger partial charge on any atom is -0.494 e. The van der Waals surface area contributed by atoms with Crippen LogP contribution in [0.25, 0.3) is 0 Å². The zero-order valence-electron chi connectivity index (χ0n) is 12.2. The number of nitrogens with two attached hydrogens (primary N) is 1. The van der Waals surface area contributed by atoms with Crippen LogP contribution in [-0.4, -0.2) is 6.61 Å². The zero-order valence-corrected chi connectivity index (χ0v) is 12.2. The predicted octanol–water partition coefficient (Wildman–Crippen LogP) is 4.05. The van der Waals surface area contributed by atoms with Crippen LogP contribution in [0, 0.1) is 25.5 Å². The van der Waals surface area contributed by atoms with Gasteiger partial charge in [-0.05, 0) is 43.2 Å². The van der Waals surface area contributed by atoms with E-state index in [1.807, 2.05) is 31.2 Å². The summed E-state index contributed by atoms with van der Waals surface area (Å²) in [4.78, 5) is 0. The van der Waals surface area contributed by atoms with E-state index < -0.39 is 17.7 Å². The van der Waals surface area contributed by atoms with E-state index in [0.717, 1.165) is 11.3 Å². The molecule has 0 aliphatic rings. The molecule has 4 heteroatoms. The van der Waals surface area contributed by atoms with E-state index in [1.165, 1.54) is 12.1 Å². The van der Waals surface area contributed by atoms with Crippen molar-refractivity contribution in [1.82, 2.24) is 0 Å². The van der Waals surface area contributed by atoms with Crippen molar-refractivity contribution in [3.8, 4) is 5.75 Å². The molecule has 0 aromatic heterocycles. The Labute approximate surface area is 123 Å². The molecule has 0 spiro atoms. The first-order chi connectivity index (χ1) is 9.99. The number of halogens is 2. The van der Waals surface area contributed by atoms with Gasteiger partial charge in [-0.3, -0.25) is 0 Å². The second kappa shape index (κ2) is 6.68. The highest BCUT2D eigenvalue weighted by Crippen LogP contribution is 2.24. The molecule has 0 aliphatic heterocycles. The van der Waals surface area contributed by atoms with Crippen LogP contribution in [0.5, 0.6) is 5.75 Å². The lowest BCUT2D eigenvalue weighted by atomic mass is 10.0. The van der Waals surface area contributed by atoms with Gasteiger partial charge in [0, 0.05) is 18.0 Å². The normalized spacial score (nSPS) is 12.2. The highest BCUT2D eigenvalue weighted by atomic mass is 19.1. The Morgan fingerprint density at radius 3 is 2.62 bits per heavy atom. The smallest absolute Gasteiger partial charge is 0.133 e. The maximum Gasteiger partial charge on any atom is 0.133 e. The van der Waals surface area contributed by atoms with Gasteiger partial charge >= 0.3 is 0 Å². The lowest BCUT2D eigenvalue weighted by molar-refractivity contribution is 0.295.